The number of hydrogen-bond acceptors (Lipinski definition) is 0. The molecule has 4 heteroatoms. The van der Waals surface area contributed by atoms with Crippen molar-refractivity contribution in [1.82, 2.24) is 0 Å². The maximum absolute atomic E-state index is 0. The largest absolute Gasteiger partial charge is 4.00 e. The molecule has 0 amide bonds. The molecule has 2 nitrogen and oxygen atoms in total. The van der Waals surface area contributed by atoms with Crippen LogP contribution in [-0.4, -0.2) is 23.9 Å². The molecule has 0 aromatic heterocycles. The van der Waals surface area contributed by atoms with E-state index in [9.17, 15) is 0 Å². The van der Waals surface area contributed by atoms with Crippen molar-refractivity contribution in [3.05, 3.63) is 0 Å². The van der Waals surface area contributed by atoms with Gasteiger partial charge in [-0.25, -0.2) is 0 Å². The first kappa shape index (κ1) is 52.0. The molecular weight excluding hydrogens is 199 g/mol. The molecule has 0 saturated heterocycles. The van der Waals surface area contributed by atoms with Crippen molar-refractivity contribution in [2.45, 2.75) is 0 Å². The normalized spacial score (nSPS) is 0. The smallest absolute Gasteiger partial charge is 2.00 e. The van der Waals surface area contributed by atoms with Crippen LogP contribution in [0, 0.1) is 0 Å². The van der Waals surface area contributed by atoms with Crippen molar-refractivity contribution in [2.75, 3.05) is 0 Å². The molecule has 0 aliphatic rings. The predicted octanol–water partition coefficient (Wildman–Crippen LogP) is -0.621. The Bertz CT molecular complexity index is 6.00. The molecule has 0 fully saturated rings. The summed E-state index contributed by atoms with van der Waals surface area (Å²) in [6.07, 6.45) is 0. The van der Waals surface area contributed by atoms with Gasteiger partial charge >= 0.3 is 23.9 Å². The number of rotatable bonds is 0. The molecule has 0 aliphatic heterocycles. The van der Waals surface area contributed by atoms with Gasteiger partial charge in [0.1, 0.15) is 0 Å². The van der Waals surface area contributed by atoms with Crippen LogP contribution >= 0.6 is 0 Å². The van der Waals surface area contributed by atoms with Crippen LogP contribution in [0.2, 0.25) is 0 Å². The van der Waals surface area contributed by atoms with E-state index in [1.165, 1.54) is 0 Å². The minimum Gasteiger partial charge on any atom is -2.00 e. The molecule has 0 heterocycles. The molecule has 0 aromatic carbocycles. The van der Waals surface area contributed by atoms with Crippen LogP contribution in [0.3, 0.4) is 0 Å². The molecule has 0 aromatic rings. The number of hydrogen-bond donors (Lipinski definition) is 0. The van der Waals surface area contributed by atoms with Gasteiger partial charge in [-0.05, 0) is 0 Å². The van der Waals surface area contributed by atoms with E-state index in [1.54, 1.807) is 0 Å². The SMILES string of the molecule is [O-2].[O-2].[Sn+4].[Ti]. The van der Waals surface area contributed by atoms with Gasteiger partial charge in [0, 0.05) is 21.7 Å². The second kappa shape index (κ2) is 25.4. The summed E-state index contributed by atoms with van der Waals surface area (Å²) in [5.74, 6) is 0. The fraction of sp³-hybridized carbons (Fsp3) is 0. The quantitative estimate of drug-likeness (QED) is 0.466. The fourth-order valence-corrected chi connectivity index (χ4v) is 0. The summed E-state index contributed by atoms with van der Waals surface area (Å²) < 4.78 is 0. The molecule has 0 atom stereocenters. The predicted molar refractivity (Wildman–Crippen MR) is 7.13 cm³/mol. The van der Waals surface area contributed by atoms with Crippen LogP contribution in [0.25, 0.3) is 0 Å². The molecule has 0 unspecified atom stereocenters. The third-order valence-electron chi connectivity index (χ3n) is 0. The summed E-state index contributed by atoms with van der Waals surface area (Å²) in [7, 11) is 0. The van der Waals surface area contributed by atoms with E-state index in [1.807, 2.05) is 0 Å². The van der Waals surface area contributed by atoms with Crippen LogP contribution in [0.1, 0.15) is 0 Å². The van der Waals surface area contributed by atoms with Crippen molar-refractivity contribution in [2.24, 2.45) is 0 Å². The molecule has 0 aliphatic carbocycles. The fourth-order valence-electron chi connectivity index (χ4n) is 0. The van der Waals surface area contributed by atoms with E-state index in [4.69, 9.17) is 0 Å². The molecule has 0 rings (SSSR count). The van der Waals surface area contributed by atoms with Gasteiger partial charge < -0.3 is 11.0 Å². The van der Waals surface area contributed by atoms with Crippen LogP contribution in [0.4, 0.5) is 0 Å². The maximum Gasteiger partial charge on any atom is 4.00 e. The Morgan fingerprint density at radius 1 is 0.750 bits per heavy atom. The van der Waals surface area contributed by atoms with Gasteiger partial charge in [-0.1, -0.05) is 0 Å². The Hall–Kier alpha value is 1.43. The summed E-state index contributed by atoms with van der Waals surface area (Å²) in [5.41, 5.74) is 0. The topological polar surface area (TPSA) is 57.0 Å². The van der Waals surface area contributed by atoms with Crippen molar-refractivity contribution in [3.8, 4) is 0 Å². The van der Waals surface area contributed by atoms with Gasteiger partial charge in [0.2, 0.25) is 0 Å². The van der Waals surface area contributed by atoms with Crippen molar-refractivity contribution in [1.29, 1.82) is 0 Å². The molecule has 0 radical (unpaired) electrons. The average molecular weight is 199 g/mol. The van der Waals surface area contributed by atoms with E-state index >= 15 is 0 Å². The molecule has 4 heavy (non-hydrogen) atoms. The van der Waals surface area contributed by atoms with Crippen molar-refractivity contribution < 1.29 is 32.7 Å². The van der Waals surface area contributed by atoms with E-state index in [0.717, 1.165) is 0 Å². The van der Waals surface area contributed by atoms with Crippen molar-refractivity contribution in [3.63, 3.8) is 0 Å². The minimum atomic E-state index is 0. The van der Waals surface area contributed by atoms with E-state index in [-0.39, 0.29) is 56.6 Å². The third-order valence-corrected chi connectivity index (χ3v) is 0. The van der Waals surface area contributed by atoms with Crippen LogP contribution in [0.5, 0.6) is 0 Å². The second-order valence-corrected chi connectivity index (χ2v) is 0. The zero-order valence-electron chi connectivity index (χ0n) is 1.82. The summed E-state index contributed by atoms with van der Waals surface area (Å²) in [6.45, 7) is 0. The monoisotopic (exact) mass is 200 g/mol. The summed E-state index contributed by atoms with van der Waals surface area (Å²) in [5, 5.41) is 0. The Kier molecular flexibility index (Phi) is 331. The average Bonchev–Trinajstić information content (AvgIpc) is 0. The summed E-state index contributed by atoms with van der Waals surface area (Å²) >= 11 is 0. The molecule has 0 N–H and O–H groups in total. The molecule has 20 valence electrons. The molecule has 0 bridgehead atoms. The van der Waals surface area contributed by atoms with Crippen LogP contribution in [0.15, 0.2) is 0 Å². The Morgan fingerprint density at radius 3 is 0.750 bits per heavy atom. The zero-order chi connectivity index (χ0) is 0. The van der Waals surface area contributed by atoms with Gasteiger partial charge in [-0.2, -0.15) is 0 Å². The van der Waals surface area contributed by atoms with Gasteiger partial charge in [0.25, 0.3) is 0 Å². The molecule has 0 saturated carbocycles. The van der Waals surface area contributed by atoms with Crippen LogP contribution in [-0.2, 0) is 32.7 Å². The van der Waals surface area contributed by atoms with E-state index in [2.05, 4.69) is 0 Å². The Labute approximate surface area is 56.4 Å². The maximum atomic E-state index is 0. The first-order valence-corrected chi connectivity index (χ1v) is 0. The second-order valence-electron chi connectivity index (χ2n) is 0. The summed E-state index contributed by atoms with van der Waals surface area (Å²) in [4.78, 5) is 0. The first-order valence-electron chi connectivity index (χ1n) is 0. The van der Waals surface area contributed by atoms with Gasteiger partial charge in [0.05, 0.1) is 0 Å². The van der Waals surface area contributed by atoms with E-state index < -0.39 is 0 Å². The zero-order valence-corrected chi connectivity index (χ0v) is 6.23. The molecule has 0 spiro atoms. The Balaban J connectivity index is 0. The van der Waals surface area contributed by atoms with Gasteiger partial charge in [0.15, 0.2) is 0 Å². The van der Waals surface area contributed by atoms with Crippen molar-refractivity contribution >= 4 is 23.9 Å². The summed E-state index contributed by atoms with van der Waals surface area (Å²) in [6, 6.07) is 0. The van der Waals surface area contributed by atoms with E-state index in [0.29, 0.717) is 0 Å². The molecular formula is O2SnTi. The standard InChI is InChI=1S/2O.Sn.Ti/q2*-2;+4;. The first-order chi connectivity index (χ1) is 0. The Morgan fingerprint density at radius 2 is 0.750 bits per heavy atom. The third kappa shape index (κ3) is 9.90. The minimum absolute atomic E-state index is 0. The van der Waals surface area contributed by atoms with Gasteiger partial charge in [-0.3, -0.25) is 0 Å². The van der Waals surface area contributed by atoms with Gasteiger partial charge in [-0.15, -0.1) is 0 Å². The van der Waals surface area contributed by atoms with Crippen LogP contribution < -0.4 is 0 Å².